The largest absolute Gasteiger partial charge is 0.0879 e. The van der Waals surface area contributed by atoms with Crippen molar-refractivity contribution < 1.29 is 0 Å². The zero-order valence-corrected chi connectivity index (χ0v) is 12.2. The summed E-state index contributed by atoms with van der Waals surface area (Å²) in [6.07, 6.45) is 9.04. The van der Waals surface area contributed by atoms with Crippen molar-refractivity contribution >= 4 is 31.9 Å². The average molecular weight is 334 g/mol. The van der Waals surface area contributed by atoms with Gasteiger partial charge in [-0.1, -0.05) is 31.9 Å². The molecule has 0 aromatic heterocycles. The van der Waals surface area contributed by atoms with Crippen LogP contribution in [0.2, 0.25) is 0 Å². The Labute approximate surface area is 109 Å². The van der Waals surface area contributed by atoms with Gasteiger partial charge in [-0.05, 0) is 72.3 Å². The van der Waals surface area contributed by atoms with Crippen LogP contribution in [0.3, 0.4) is 0 Å². The minimum absolute atomic E-state index is 0.585. The maximum atomic E-state index is 3.67. The fourth-order valence-electron chi connectivity index (χ4n) is 4.79. The minimum atomic E-state index is 0.585. The molecule has 0 nitrogen and oxygen atoms in total. The first-order valence-electron chi connectivity index (χ1n) is 6.11. The lowest BCUT2D eigenvalue weighted by atomic mass is 9.48. The quantitative estimate of drug-likeness (QED) is 0.632. The van der Waals surface area contributed by atoms with Gasteiger partial charge >= 0.3 is 0 Å². The van der Waals surface area contributed by atoms with Crippen LogP contribution in [-0.4, -0.2) is 5.33 Å². The molecule has 84 valence electrons. The zero-order chi connectivity index (χ0) is 10.5. The highest BCUT2D eigenvalue weighted by Gasteiger charge is 2.51. The van der Waals surface area contributed by atoms with E-state index in [1.807, 2.05) is 0 Å². The van der Waals surface area contributed by atoms with Crippen LogP contribution in [0.15, 0.2) is 10.6 Å². The van der Waals surface area contributed by atoms with Crippen molar-refractivity contribution in [2.75, 3.05) is 5.33 Å². The molecule has 0 spiro atoms. The average Bonchev–Trinajstić information content (AvgIpc) is 2.16. The lowest BCUT2D eigenvalue weighted by Gasteiger charge is -2.57. The molecular formula is C13H18Br2. The molecule has 4 rings (SSSR count). The van der Waals surface area contributed by atoms with Gasteiger partial charge in [0.15, 0.2) is 0 Å². The van der Waals surface area contributed by atoms with Crippen molar-refractivity contribution in [2.24, 2.45) is 23.2 Å². The lowest BCUT2D eigenvalue weighted by Crippen LogP contribution is -2.47. The Balaban J connectivity index is 1.92. The topological polar surface area (TPSA) is 0 Å². The van der Waals surface area contributed by atoms with Gasteiger partial charge in [-0.15, -0.1) is 0 Å². The second-order valence-corrected chi connectivity index (χ2v) is 6.98. The molecule has 4 fully saturated rings. The maximum absolute atomic E-state index is 3.67. The van der Waals surface area contributed by atoms with Crippen molar-refractivity contribution in [3.63, 3.8) is 0 Å². The number of allylic oxidation sites excluding steroid dienone is 1. The fraction of sp³-hybridized carbons (Fsp3) is 0.846. The third kappa shape index (κ3) is 1.67. The number of halogens is 2. The van der Waals surface area contributed by atoms with E-state index in [1.165, 1.54) is 38.5 Å². The molecule has 0 saturated heterocycles. The summed E-state index contributed by atoms with van der Waals surface area (Å²) in [4.78, 5) is 2.20. The van der Waals surface area contributed by atoms with Crippen LogP contribution in [0, 0.1) is 23.2 Å². The Kier molecular flexibility index (Phi) is 2.79. The summed E-state index contributed by atoms with van der Waals surface area (Å²) in [6, 6.07) is 0. The van der Waals surface area contributed by atoms with Gasteiger partial charge in [-0.2, -0.15) is 0 Å². The second-order valence-electron chi connectivity index (χ2n) is 5.97. The van der Waals surface area contributed by atoms with Crippen LogP contribution < -0.4 is 0 Å². The summed E-state index contributed by atoms with van der Waals surface area (Å²) in [5, 5.41) is 1.06. The monoisotopic (exact) mass is 332 g/mol. The molecule has 15 heavy (non-hydrogen) atoms. The predicted molar refractivity (Wildman–Crippen MR) is 71.4 cm³/mol. The molecular weight excluding hydrogens is 316 g/mol. The van der Waals surface area contributed by atoms with Gasteiger partial charge in [0.05, 0.1) is 0 Å². The van der Waals surface area contributed by atoms with Gasteiger partial charge in [-0.25, -0.2) is 0 Å². The van der Waals surface area contributed by atoms with Crippen LogP contribution in [0.25, 0.3) is 0 Å². The highest BCUT2D eigenvalue weighted by molar-refractivity contribution is 9.11. The number of rotatable bonds is 2. The van der Waals surface area contributed by atoms with E-state index in [0.717, 1.165) is 23.1 Å². The Hall–Kier alpha value is 0.700. The molecule has 0 amide bonds. The standard InChI is InChI=1S/C13H18Br2/c14-7-12(8-15)13-4-9-1-10(5-13)3-11(2-9)6-13/h7,9-11H,1-6,8H2/b12-7+. The smallest absolute Gasteiger partial charge is 0.0255 e. The van der Waals surface area contributed by atoms with E-state index in [-0.39, 0.29) is 0 Å². The van der Waals surface area contributed by atoms with Crippen molar-refractivity contribution in [1.82, 2.24) is 0 Å². The van der Waals surface area contributed by atoms with E-state index >= 15 is 0 Å². The molecule has 4 bridgehead atoms. The van der Waals surface area contributed by atoms with Crippen molar-refractivity contribution in [3.05, 3.63) is 10.6 Å². The van der Waals surface area contributed by atoms with E-state index in [9.17, 15) is 0 Å². The van der Waals surface area contributed by atoms with Crippen molar-refractivity contribution in [1.29, 1.82) is 0 Å². The van der Waals surface area contributed by atoms with Crippen LogP contribution >= 0.6 is 31.9 Å². The summed E-state index contributed by atoms with van der Waals surface area (Å²) in [5.41, 5.74) is 2.21. The Morgan fingerprint density at radius 2 is 1.53 bits per heavy atom. The normalized spacial score (nSPS) is 48.7. The van der Waals surface area contributed by atoms with Crippen LogP contribution in [-0.2, 0) is 0 Å². The molecule has 0 aromatic carbocycles. The molecule has 0 aliphatic heterocycles. The minimum Gasteiger partial charge on any atom is -0.0879 e. The SMILES string of the molecule is Br/C=C(\CBr)C12CC3CC(CC(C3)C1)C2. The van der Waals surface area contributed by atoms with E-state index in [0.29, 0.717) is 5.41 Å². The Morgan fingerprint density at radius 1 is 1.07 bits per heavy atom. The first kappa shape index (κ1) is 10.8. The summed E-state index contributed by atoms with van der Waals surface area (Å²) < 4.78 is 0. The molecule has 0 aromatic rings. The van der Waals surface area contributed by atoms with E-state index in [1.54, 1.807) is 5.57 Å². The highest BCUT2D eigenvalue weighted by atomic mass is 79.9. The summed E-state index contributed by atoms with van der Waals surface area (Å²) >= 11 is 7.24. The Morgan fingerprint density at radius 3 is 1.87 bits per heavy atom. The third-order valence-corrected chi connectivity index (χ3v) is 6.15. The highest BCUT2D eigenvalue weighted by Crippen LogP contribution is 2.62. The lowest BCUT2D eigenvalue weighted by molar-refractivity contribution is -0.0298. The molecule has 0 N–H and O–H groups in total. The molecule has 0 radical (unpaired) electrons. The molecule has 0 atom stereocenters. The predicted octanol–water partition coefficient (Wildman–Crippen LogP) is 4.88. The number of hydrogen-bond acceptors (Lipinski definition) is 0. The van der Waals surface area contributed by atoms with Gasteiger partial charge in [0.1, 0.15) is 0 Å². The number of alkyl halides is 1. The molecule has 0 heterocycles. The van der Waals surface area contributed by atoms with E-state index in [2.05, 4.69) is 36.8 Å². The summed E-state index contributed by atoms with van der Waals surface area (Å²) in [5.74, 6) is 3.16. The van der Waals surface area contributed by atoms with Crippen molar-refractivity contribution in [3.8, 4) is 0 Å². The first-order valence-corrected chi connectivity index (χ1v) is 8.15. The van der Waals surface area contributed by atoms with E-state index in [4.69, 9.17) is 0 Å². The zero-order valence-electron chi connectivity index (χ0n) is 9.02. The second kappa shape index (κ2) is 3.87. The van der Waals surface area contributed by atoms with Crippen LogP contribution in [0.1, 0.15) is 38.5 Å². The van der Waals surface area contributed by atoms with Gasteiger partial charge in [-0.3, -0.25) is 0 Å². The van der Waals surface area contributed by atoms with Gasteiger partial charge in [0.25, 0.3) is 0 Å². The molecule has 4 saturated carbocycles. The van der Waals surface area contributed by atoms with Crippen molar-refractivity contribution in [2.45, 2.75) is 38.5 Å². The fourth-order valence-corrected chi connectivity index (χ4v) is 6.63. The van der Waals surface area contributed by atoms with Crippen LogP contribution in [0.5, 0.6) is 0 Å². The van der Waals surface area contributed by atoms with Crippen LogP contribution in [0.4, 0.5) is 0 Å². The van der Waals surface area contributed by atoms with Gasteiger partial charge < -0.3 is 0 Å². The van der Waals surface area contributed by atoms with Gasteiger partial charge in [0, 0.05) is 5.33 Å². The summed E-state index contributed by atoms with van der Waals surface area (Å²) in [6.45, 7) is 0. The molecule has 0 unspecified atom stereocenters. The Bertz CT molecular complexity index is 258. The molecule has 4 aliphatic rings. The molecule has 2 heteroatoms. The van der Waals surface area contributed by atoms with Gasteiger partial charge in [0.2, 0.25) is 0 Å². The van der Waals surface area contributed by atoms with E-state index < -0.39 is 0 Å². The number of hydrogen-bond donors (Lipinski definition) is 0. The third-order valence-electron chi connectivity index (χ3n) is 5.00. The molecule has 4 aliphatic carbocycles. The first-order chi connectivity index (χ1) is 7.25. The maximum Gasteiger partial charge on any atom is 0.0255 e. The summed E-state index contributed by atoms with van der Waals surface area (Å²) in [7, 11) is 0.